The SMILES string of the molecule is CCOCC.F[10B](F)F. The van der Waals surface area contributed by atoms with E-state index in [1.807, 2.05) is 13.8 Å². The minimum atomic E-state index is -3.67. The van der Waals surface area contributed by atoms with Crippen molar-refractivity contribution in [1.29, 1.82) is 0 Å². The summed E-state index contributed by atoms with van der Waals surface area (Å²) >= 11 is 0. The van der Waals surface area contributed by atoms with E-state index in [1.165, 1.54) is 0 Å². The summed E-state index contributed by atoms with van der Waals surface area (Å²) in [6.45, 7) is 5.67. The molecule has 0 aromatic heterocycles. The quantitative estimate of drug-likeness (QED) is 0.534. The number of hydrogen-bond donors (Lipinski definition) is 0. The maximum Gasteiger partial charge on any atom is 0.762 e. The van der Waals surface area contributed by atoms with E-state index in [-0.39, 0.29) is 0 Å². The first-order valence-electron chi connectivity index (χ1n) is 2.65. The summed E-state index contributed by atoms with van der Waals surface area (Å²) in [5.41, 5.74) is 0. The van der Waals surface area contributed by atoms with Crippen molar-refractivity contribution in [1.82, 2.24) is 0 Å². The molecule has 0 bridgehead atoms. The van der Waals surface area contributed by atoms with Crippen LogP contribution >= 0.6 is 0 Å². The van der Waals surface area contributed by atoms with Gasteiger partial charge in [0, 0.05) is 13.2 Å². The van der Waals surface area contributed by atoms with E-state index in [1.54, 1.807) is 0 Å². The number of hydrogen-bond acceptors (Lipinski definition) is 1. The molecule has 0 aliphatic heterocycles. The van der Waals surface area contributed by atoms with Crippen molar-refractivity contribution < 1.29 is 17.7 Å². The topological polar surface area (TPSA) is 9.23 Å². The van der Waals surface area contributed by atoms with Gasteiger partial charge < -0.3 is 4.74 Å². The highest BCUT2D eigenvalue weighted by atomic mass is 19.3. The van der Waals surface area contributed by atoms with Crippen molar-refractivity contribution in [3.05, 3.63) is 0 Å². The van der Waals surface area contributed by atoms with Gasteiger partial charge in [-0.05, 0) is 13.8 Å². The van der Waals surface area contributed by atoms with E-state index in [2.05, 4.69) is 0 Å². The van der Waals surface area contributed by atoms with Gasteiger partial charge in [0.2, 0.25) is 0 Å². The fourth-order valence-electron chi connectivity index (χ4n) is 0.204. The van der Waals surface area contributed by atoms with Gasteiger partial charge in [0.05, 0.1) is 0 Å². The Morgan fingerprint density at radius 2 is 1.33 bits per heavy atom. The standard InChI is InChI=1S/C4H10O.BF3/c1-3-5-4-2;2-1(3)4/h3-4H2,1-2H3;/i;1-1. The summed E-state index contributed by atoms with van der Waals surface area (Å²) in [7, 11) is -3.67. The fourth-order valence-corrected chi connectivity index (χ4v) is 0.204. The second kappa shape index (κ2) is 10.7. The maximum absolute atomic E-state index is 9.67. The average molecular weight is 141 g/mol. The molecule has 0 radical (unpaired) electrons. The van der Waals surface area contributed by atoms with Crippen LogP contribution in [0.1, 0.15) is 13.8 Å². The van der Waals surface area contributed by atoms with Gasteiger partial charge in [-0.25, -0.2) is 0 Å². The zero-order valence-electron chi connectivity index (χ0n) is 5.53. The molecular formula is C4H10BF3O. The van der Waals surface area contributed by atoms with E-state index in [4.69, 9.17) is 4.74 Å². The lowest BCUT2D eigenvalue weighted by Crippen LogP contribution is -1.84. The van der Waals surface area contributed by atoms with Crippen molar-refractivity contribution in [2.24, 2.45) is 0 Å². The minimum Gasteiger partial charge on any atom is -0.382 e. The largest absolute Gasteiger partial charge is 0.762 e. The molecule has 56 valence electrons. The van der Waals surface area contributed by atoms with Crippen LogP contribution in [0.15, 0.2) is 0 Å². The Kier molecular flexibility index (Phi) is 13.8. The zero-order valence-corrected chi connectivity index (χ0v) is 5.53. The van der Waals surface area contributed by atoms with Gasteiger partial charge in [-0.2, -0.15) is 0 Å². The molecule has 0 rings (SSSR count). The van der Waals surface area contributed by atoms with Crippen molar-refractivity contribution in [2.75, 3.05) is 13.2 Å². The molecule has 0 aromatic rings. The summed E-state index contributed by atoms with van der Waals surface area (Å²) in [5, 5.41) is 0. The van der Waals surface area contributed by atoms with Gasteiger partial charge in [0.25, 0.3) is 0 Å². The summed E-state index contributed by atoms with van der Waals surface area (Å²) in [6, 6.07) is 0. The second-order valence-corrected chi connectivity index (χ2v) is 1.03. The smallest absolute Gasteiger partial charge is 0.382 e. The third-order valence-corrected chi connectivity index (χ3v) is 0.408. The third-order valence-electron chi connectivity index (χ3n) is 0.408. The molecule has 0 heterocycles. The van der Waals surface area contributed by atoms with Crippen LogP contribution in [-0.2, 0) is 4.74 Å². The third kappa shape index (κ3) is 80.2. The summed E-state index contributed by atoms with van der Waals surface area (Å²) in [4.78, 5) is 0. The van der Waals surface area contributed by atoms with Crippen LogP contribution in [-0.4, -0.2) is 20.8 Å². The Balaban J connectivity index is 0. The average Bonchev–Trinajstić information content (AvgIpc) is 1.66. The first-order chi connectivity index (χ1) is 4.15. The predicted octanol–water partition coefficient (Wildman–Crippen LogP) is 1.92. The first-order valence-corrected chi connectivity index (χ1v) is 2.65. The molecule has 0 saturated carbocycles. The van der Waals surface area contributed by atoms with Gasteiger partial charge >= 0.3 is 7.54 Å². The highest BCUT2D eigenvalue weighted by molar-refractivity contribution is 6.33. The molecular weight excluding hydrogens is 131 g/mol. The molecule has 1 nitrogen and oxygen atoms in total. The lowest BCUT2D eigenvalue weighted by molar-refractivity contribution is 0.162. The number of ether oxygens (including phenoxy) is 1. The van der Waals surface area contributed by atoms with Crippen molar-refractivity contribution >= 4 is 7.54 Å². The molecule has 0 N–H and O–H groups in total. The lowest BCUT2D eigenvalue weighted by atomic mass is 9.69. The van der Waals surface area contributed by atoms with E-state index in [9.17, 15) is 12.9 Å². The summed E-state index contributed by atoms with van der Waals surface area (Å²) in [5.74, 6) is 0. The monoisotopic (exact) mass is 141 g/mol. The van der Waals surface area contributed by atoms with Crippen LogP contribution in [0.25, 0.3) is 0 Å². The normalized spacial score (nSPS) is 7.67. The molecule has 0 saturated heterocycles. The predicted molar refractivity (Wildman–Crippen MR) is 31.2 cm³/mol. The van der Waals surface area contributed by atoms with E-state index in [0.29, 0.717) is 0 Å². The van der Waals surface area contributed by atoms with Crippen LogP contribution in [0.5, 0.6) is 0 Å². The minimum absolute atomic E-state index is 0.844. The van der Waals surface area contributed by atoms with Gasteiger partial charge in [0.15, 0.2) is 0 Å². The van der Waals surface area contributed by atoms with Gasteiger partial charge in [-0.15, -0.1) is 0 Å². The van der Waals surface area contributed by atoms with Gasteiger partial charge in [-0.1, -0.05) is 0 Å². The Bertz CT molecular complexity index is 40.0. The lowest BCUT2D eigenvalue weighted by Gasteiger charge is -1.86. The molecule has 0 spiro atoms. The highest BCUT2D eigenvalue weighted by Crippen LogP contribution is 1.80. The molecule has 0 aliphatic rings. The maximum atomic E-state index is 9.67. The van der Waals surface area contributed by atoms with Crippen molar-refractivity contribution in [3.63, 3.8) is 0 Å². The van der Waals surface area contributed by atoms with Gasteiger partial charge in [-0.3, -0.25) is 12.9 Å². The van der Waals surface area contributed by atoms with Crippen LogP contribution in [0.2, 0.25) is 0 Å². The molecule has 5 heteroatoms. The van der Waals surface area contributed by atoms with E-state index < -0.39 is 7.54 Å². The molecule has 0 aliphatic carbocycles. The van der Waals surface area contributed by atoms with Crippen LogP contribution in [0, 0.1) is 0 Å². The molecule has 0 atom stereocenters. The van der Waals surface area contributed by atoms with Crippen LogP contribution in [0.4, 0.5) is 12.9 Å². The number of rotatable bonds is 2. The summed E-state index contributed by atoms with van der Waals surface area (Å²) in [6.07, 6.45) is 0. The van der Waals surface area contributed by atoms with Crippen LogP contribution in [0.3, 0.4) is 0 Å². The molecule has 0 fully saturated rings. The Morgan fingerprint density at radius 1 is 1.11 bits per heavy atom. The molecule has 0 amide bonds. The first kappa shape index (κ1) is 11.6. The highest BCUT2D eigenvalue weighted by Gasteiger charge is 2.06. The molecule has 9 heavy (non-hydrogen) atoms. The Morgan fingerprint density at radius 3 is 1.33 bits per heavy atom. The Labute approximate surface area is 53.4 Å². The van der Waals surface area contributed by atoms with Crippen molar-refractivity contribution in [2.45, 2.75) is 13.8 Å². The fraction of sp³-hybridized carbons (Fsp3) is 1.00. The van der Waals surface area contributed by atoms with Crippen molar-refractivity contribution in [3.8, 4) is 0 Å². The Hall–Kier alpha value is -0.185. The summed E-state index contributed by atoms with van der Waals surface area (Å²) < 4.78 is 33.8. The second-order valence-electron chi connectivity index (χ2n) is 1.03. The molecule has 0 unspecified atom stereocenters. The molecule has 0 aromatic carbocycles. The zero-order chi connectivity index (χ0) is 7.70. The van der Waals surface area contributed by atoms with E-state index >= 15 is 0 Å². The van der Waals surface area contributed by atoms with Crippen LogP contribution < -0.4 is 0 Å². The number of halogens is 3. The van der Waals surface area contributed by atoms with E-state index in [0.717, 1.165) is 13.2 Å². The van der Waals surface area contributed by atoms with Gasteiger partial charge in [0.1, 0.15) is 0 Å².